The van der Waals surface area contributed by atoms with Gasteiger partial charge in [-0.1, -0.05) is 40.9 Å². The Morgan fingerprint density at radius 1 is 1.24 bits per heavy atom. The first-order valence-electron chi connectivity index (χ1n) is 6.12. The largest absolute Gasteiger partial charge is 0.370 e. The van der Waals surface area contributed by atoms with Crippen LogP contribution in [0.1, 0.15) is 19.3 Å². The average molecular weight is 291 g/mol. The molecule has 17 heavy (non-hydrogen) atoms. The number of anilines is 1. The second-order valence-electron chi connectivity index (χ2n) is 4.65. The Kier molecular flexibility index (Phi) is 3.02. The van der Waals surface area contributed by atoms with E-state index in [9.17, 15) is 0 Å². The summed E-state index contributed by atoms with van der Waals surface area (Å²) in [4.78, 5) is 4.43. The molecule has 0 spiro atoms. The van der Waals surface area contributed by atoms with E-state index in [4.69, 9.17) is 0 Å². The van der Waals surface area contributed by atoms with Crippen molar-refractivity contribution in [2.75, 3.05) is 11.9 Å². The molecule has 2 nitrogen and oxygen atoms in total. The van der Waals surface area contributed by atoms with Crippen LogP contribution in [-0.2, 0) is 0 Å². The van der Waals surface area contributed by atoms with Gasteiger partial charge in [0.05, 0.1) is 0 Å². The van der Waals surface area contributed by atoms with Crippen molar-refractivity contribution in [3.63, 3.8) is 0 Å². The van der Waals surface area contributed by atoms with Gasteiger partial charge in [-0.25, -0.2) is 4.98 Å². The molecule has 3 heteroatoms. The van der Waals surface area contributed by atoms with E-state index in [0.717, 1.165) is 22.8 Å². The van der Waals surface area contributed by atoms with Gasteiger partial charge in [-0.15, -0.1) is 0 Å². The number of pyridine rings is 1. The lowest BCUT2D eigenvalue weighted by Crippen LogP contribution is -2.04. The molecule has 1 heterocycles. The Bertz CT molecular complexity index is 535. The van der Waals surface area contributed by atoms with E-state index in [1.165, 1.54) is 30.0 Å². The summed E-state index contributed by atoms with van der Waals surface area (Å²) in [5.41, 5.74) is 0. The molecule has 0 saturated heterocycles. The third kappa shape index (κ3) is 2.44. The zero-order valence-corrected chi connectivity index (χ0v) is 11.2. The standard InChI is InChI=1S/C14H15BrN2/c15-13-3-1-2-12-11(13)7-9-17-14(12)16-8-6-10-4-5-10/h1-3,7,9-10H,4-6,8H2,(H,16,17). The number of hydrogen-bond acceptors (Lipinski definition) is 2. The molecule has 1 aromatic carbocycles. The van der Waals surface area contributed by atoms with E-state index < -0.39 is 0 Å². The summed E-state index contributed by atoms with van der Waals surface area (Å²) in [5.74, 6) is 1.97. The van der Waals surface area contributed by atoms with Crippen LogP contribution in [0.3, 0.4) is 0 Å². The highest BCUT2D eigenvalue weighted by Crippen LogP contribution is 2.32. The first-order valence-corrected chi connectivity index (χ1v) is 6.91. The summed E-state index contributed by atoms with van der Waals surface area (Å²) in [6.07, 6.45) is 5.96. The van der Waals surface area contributed by atoms with Gasteiger partial charge in [0.1, 0.15) is 5.82 Å². The molecule has 0 bridgehead atoms. The Balaban J connectivity index is 1.84. The number of aromatic nitrogens is 1. The maximum absolute atomic E-state index is 4.43. The summed E-state index contributed by atoms with van der Waals surface area (Å²) in [7, 11) is 0. The van der Waals surface area contributed by atoms with Gasteiger partial charge < -0.3 is 5.32 Å². The quantitative estimate of drug-likeness (QED) is 0.912. The molecule has 0 unspecified atom stereocenters. The molecule has 1 aliphatic rings. The van der Waals surface area contributed by atoms with Crippen molar-refractivity contribution < 1.29 is 0 Å². The Labute approximate surface area is 110 Å². The van der Waals surface area contributed by atoms with Crippen molar-refractivity contribution in [1.82, 2.24) is 4.98 Å². The third-order valence-corrected chi connectivity index (χ3v) is 3.99. The van der Waals surface area contributed by atoms with Crippen molar-refractivity contribution in [3.8, 4) is 0 Å². The van der Waals surface area contributed by atoms with Crippen LogP contribution >= 0.6 is 15.9 Å². The minimum Gasteiger partial charge on any atom is -0.370 e. The molecule has 1 aliphatic carbocycles. The van der Waals surface area contributed by atoms with Crippen molar-refractivity contribution in [2.24, 2.45) is 5.92 Å². The normalized spacial score (nSPS) is 15.1. The van der Waals surface area contributed by atoms with E-state index in [1.54, 1.807) is 0 Å². The Morgan fingerprint density at radius 3 is 2.94 bits per heavy atom. The minimum atomic E-state index is 0.962. The SMILES string of the molecule is Brc1cccc2c(NCCC3CC3)nccc12. The average Bonchev–Trinajstić information content (AvgIpc) is 3.14. The van der Waals surface area contributed by atoms with Gasteiger partial charge in [0, 0.05) is 28.0 Å². The van der Waals surface area contributed by atoms with Crippen molar-refractivity contribution >= 4 is 32.5 Å². The molecule has 88 valence electrons. The molecule has 0 aliphatic heterocycles. The Morgan fingerprint density at radius 2 is 2.12 bits per heavy atom. The van der Waals surface area contributed by atoms with Crippen LogP contribution in [0.15, 0.2) is 34.9 Å². The van der Waals surface area contributed by atoms with Crippen molar-refractivity contribution in [2.45, 2.75) is 19.3 Å². The molecule has 0 radical (unpaired) electrons. The van der Waals surface area contributed by atoms with Crippen LogP contribution < -0.4 is 5.32 Å². The number of nitrogens with zero attached hydrogens (tertiary/aromatic N) is 1. The predicted octanol–water partition coefficient (Wildman–Crippen LogP) is 4.21. The highest BCUT2D eigenvalue weighted by molar-refractivity contribution is 9.10. The predicted molar refractivity (Wildman–Crippen MR) is 75.3 cm³/mol. The monoisotopic (exact) mass is 290 g/mol. The minimum absolute atomic E-state index is 0.962. The van der Waals surface area contributed by atoms with Gasteiger partial charge in [0.2, 0.25) is 0 Å². The second-order valence-corrected chi connectivity index (χ2v) is 5.51. The molecular formula is C14H15BrN2. The fourth-order valence-electron chi connectivity index (χ4n) is 2.11. The van der Waals surface area contributed by atoms with Crippen LogP contribution in [0.2, 0.25) is 0 Å². The second kappa shape index (κ2) is 4.65. The van der Waals surface area contributed by atoms with Crippen molar-refractivity contribution in [3.05, 3.63) is 34.9 Å². The van der Waals surface area contributed by atoms with Crippen LogP contribution in [0.25, 0.3) is 10.8 Å². The van der Waals surface area contributed by atoms with E-state index in [2.05, 4.69) is 44.4 Å². The van der Waals surface area contributed by atoms with E-state index in [-0.39, 0.29) is 0 Å². The zero-order chi connectivity index (χ0) is 11.7. The maximum atomic E-state index is 4.43. The van der Waals surface area contributed by atoms with Gasteiger partial charge in [-0.3, -0.25) is 0 Å². The third-order valence-electron chi connectivity index (χ3n) is 3.29. The molecule has 1 fully saturated rings. The van der Waals surface area contributed by atoms with Gasteiger partial charge in [-0.05, 0) is 24.5 Å². The van der Waals surface area contributed by atoms with Crippen LogP contribution in [0.4, 0.5) is 5.82 Å². The van der Waals surface area contributed by atoms with Gasteiger partial charge >= 0.3 is 0 Å². The lowest BCUT2D eigenvalue weighted by atomic mass is 10.1. The highest BCUT2D eigenvalue weighted by atomic mass is 79.9. The molecule has 0 amide bonds. The summed E-state index contributed by atoms with van der Waals surface area (Å²) in [5, 5.41) is 5.87. The summed E-state index contributed by atoms with van der Waals surface area (Å²) in [6, 6.07) is 8.29. The molecule has 0 atom stereocenters. The first kappa shape index (κ1) is 11.0. The van der Waals surface area contributed by atoms with E-state index in [0.29, 0.717) is 0 Å². The first-order chi connectivity index (χ1) is 8.34. The number of rotatable bonds is 4. The summed E-state index contributed by atoms with van der Waals surface area (Å²) < 4.78 is 1.13. The maximum Gasteiger partial charge on any atom is 0.133 e. The zero-order valence-electron chi connectivity index (χ0n) is 9.62. The van der Waals surface area contributed by atoms with Gasteiger partial charge in [0.25, 0.3) is 0 Å². The molecule has 1 aromatic heterocycles. The molecular weight excluding hydrogens is 276 g/mol. The van der Waals surface area contributed by atoms with Gasteiger partial charge in [0.15, 0.2) is 0 Å². The number of nitrogens with one attached hydrogen (secondary N) is 1. The van der Waals surface area contributed by atoms with Gasteiger partial charge in [-0.2, -0.15) is 0 Å². The fourth-order valence-corrected chi connectivity index (χ4v) is 2.61. The number of fused-ring (bicyclic) bond motifs is 1. The van der Waals surface area contributed by atoms with Crippen LogP contribution in [-0.4, -0.2) is 11.5 Å². The fraction of sp³-hybridized carbons (Fsp3) is 0.357. The highest BCUT2D eigenvalue weighted by Gasteiger charge is 2.20. The Hall–Kier alpha value is -1.09. The molecule has 2 aromatic rings. The molecule has 3 rings (SSSR count). The number of benzene rings is 1. The number of halogens is 1. The van der Waals surface area contributed by atoms with Crippen LogP contribution in [0.5, 0.6) is 0 Å². The smallest absolute Gasteiger partial charge is 0.133 e. The van der Waals surface area contributed by atoms with E-state index >= 15 is 0 Å². The molecule has 1 N–H and O–H groups in total. The molecule has 1 saturated carbocycles. The lowest BCUT2D eigenvalue weighted by molar-refractivity contribution is 0.759. The van der Waals surface area contributed by atoms with Crippen molar-refractivity contribution in [1.29, 1.82) is 0 Å². The summed E-state index contributed by atoms with van der Waals surface area (Å²) >= 11 is 3.58. The topological polar surface area (TPSA) is 24.9 Å². The summed E-state index contributed by atoms with van der Waals surface area (Å²) in [6.45, 7) is 1.03. The van der Waals surface area contributed by atoms with Crippen LogP contribution in [0, 0.1) is 5.92 Å². The number of hydrogen-bond donors (Lipinski definition) is 1. The van der Waals surface area contributed by atoms with E-state index in [1.807, 2.05) is 12.3 Å². The lowest BCUT2D eigenvalue weighted by Gasteiger charge is -2.09.